The zero-order valence-electron chi connectivity index (χ0n) is 16.1. The number of aromatic nitrogens is 2. The molecule has 0 N–H and O–H groups in total. The maximum Gasteiger partial charge on any atom is 0.269 e. The second kappa shape index (κ2) is 6.78. The molecule has 31 heavy (non-hydrogen) atoms. The predicted octanol–water partition coefficient (Wildman–Crippen LogP) is 6.63. The maximum absolute atomic E-state index is 11.1. The first-order chi connectivity index (χ1) is 15.2. The van der Waals surface area contributed by atoms with Crippen LogP contribution in [-0.2, 0) is 0 Å². The van der Waals surface area contributed by atoms with Crippen LogP contribution >= 0.6 is 11.8 Å². The van der Waals surface area contributed by atoms with Gasteiger partial charge in [-0.1, -0.05) is 48.2 Å². The molecule has 3 heterocycles. The maximum atomic E-state index is 11.1. The Hall–Kier alpha value is -3.97. The highest BCUT2D eigenvalue weighted by molar-refractivity contribution is 7.99. The van der Waals surface area contributed by atoms with Gasteiger partial charge in [0, 0.05) is 28.6 Å². The second-order valence-electron chi connectivity index (χ2n) is 7.22. The fourth-order valence-corrected chi connectivity index (χ4v) is 4.90. The molecule has 0 aliphatic carbocycles. The molecule has 6 rings (SSSR count). The Morgan fingerprint density at radius 1 is 0.742 bits per heavy atom. The van der Waals surface area contributed by atoms with Crippen LogP contribution in [0.3, 0.4) is 0 Å². The fourth-order valence-electron chi connectivity index (χ4n) is 3.83. The molecule has 3 aromatic carbocycles. The Labute approximate surface area is 181 Å². The van der Waals surface area contributed by atoms with Crippen molar-refractivity contribution in [2.45, 2.75) is 9.79 Å². The fraction of sp³-hybridized carbons (Fsp3) is 0. The van der Waals surface area contributed by atoms with Crippen LogP contribution in [-0.4, -0.2) is 14.9 Å². The van der Waals surface area contributed by atoms with Crippen LogP contribution in [0.15, 0.2) is 94.7 Å². The van der Waals surface area contributed by atoms with Crippen molar-refractivity contribution in [3.05, 3.63) is 95.0 Å². The Morgan fingerprint density at radius 3 is 1.77 bits per heavy atom. The van der Waals surface area contributed by atoms with Crippen molar-refractivity contribution in [3.8, 4) is 0 Å². The SMILES string of the molecule is O=[N+]([O-])c1ccc(N2c3nc4ccccc4cc3Sc3cc4ccccc4nc32)cc1. The number of nitro groups is 1. The Balaban J connectivity index is 1.63. The lowest BCUT2D eigenvalue weighted by molar-refractivity contribution is -0.384. The lowest BCUT2D eigenvalue weighted by Gasteiger charge is -2.31. The van der Waals surface area contributed by atoms with E-state index in [1.54, 1.807) is 23.9 Å². The summed E-state index contributed by atoms with van der Waals surface area (Å²) in [4.78, 5) is 24.7. The van der Waals surface area contributed by atoms with E-state index in [4.69, 9.17) is 9.97 Å². The Morgan fingerprint density at radius 2 is 1.26 bits per heavy atom. The average molecular weight is 422 g/mol. The monoisotopic (exact) mass is 422 g/mol. The van der Waals surface area contributed by atoms with E-state index >= 15 is 0 Å². The first-order valence-electron chi connectivity index (χ1n) is 9.69. The van der Waals surface area contributed by atoms with Crippen LogP contribution in [0.2, 0.25) is 0 Å². The van der Waals surface area contributed by atoms with Crippen LogP contribution in [0, 0.1) is 10.1 Å². The lowest BCUT2D eigenvalue weighted by atomic mass is 10.2. The van der Waals surface area contributed by atoms with Gasteiger partial charge in [-0.15, -0.1) is 0 Å². The molecule has 1 aliphatic heterocycles. The smallest absolute Gasteiger partial charge is 0.269 e. The van der Waals surface area contributed by atoms with Gasteiger partial charge in [-0.05, 0) is 36.4 Å². The largest absolute Gasteiger partial charge is 0.277 e. The number of para-hydroxylation sites is 2. The number of nitro benzene ring substituents is 1. The summed E-state index contributed by atoms with van der Waals surface area (Å²) >= 11 is 1.64. The van der Waals surface area contributed by atoms with E-state index in [1.165, 1.54) is 12.1 Å². The molecular formula is C24H14N4O2S. The number of anilines is 3. The summed E-state index contributed by atoms with van der Waals surface area (Å²) in [5, 5.41) is 13.3. The van der Waals surface area contributed by atoms with E-state index in [2.05, 4.69) is 12.1 Å². The summed E-state index contributed by atoms with van der Waals surface area (Å²) in [7, 11) is 0. The molecule has 0 bridgehead atoms. The van der Waals surface area contributed by atoms with Crippen molar-refractivity contribution in [3.63, 3.8) is 0 Å². The van der Waals surface area contributed by atoms with E-state index < -0.39 is 4.92 Å². The molecular weight excluding hydrogens is 408 g/mol. The molecule has 0 amide bonds. The Bertz CT molecular complexity index is 1420. The molecule has 0 saturated carbocycles. The standard InChI is InChI=1S/C24H14N4O2S/c29-28(30)18-11-9-17(10-12-18)27-23-21(13-15-5-1-3-7-19(15)25-23)31-22-14-16-6-2-4-8-20(16)26-24(22)27/h1-14H. The third kappa shape index (κ3) is 2.90. The zero-order chi connectivity index (χ0) is 20.9. The molecule has 5 aromatic rings. The van der Waals surface area contributed by atoms with Gasteiger partial charge in [0.25, 0.3) is 5.69 Å². The summed E-state index contributed by atoms with van der Waals surface area (Å²) in [5.41, 5.74) is 2.60. The molecule has 148 valence electrons. The molecule has 0 saturated heterocycles. The predicted molar refractivity (Wildman–Crippen MR) is 123 cm³/mol. The van der Waals surface area contributed by atoms with Crippen molar-refractivity contribution in [2.75, 3.05) is 4.90 Å². The number of hydrogen-bond acceptors (Lipinski definition) is 6. The number of nitrogens with zero attached hydrogens (tertiary/aromatic N) is 4. The third-order valence-corrected chi connectivity index (χ3v) is 6.34. The van der Waals surface area contributed by atoms with Crippen LogP contribution < -0.4 is 4.90 Å². The van der Waals surface area contributed by atoms with Gasteiger partial charge in [-0.25, -0.2) is 9.97 Å². The Kier molecular flexibility index (Phi) is 3.91. The van der Waals surface area contributed by atoms with Gasteiger partial charge in [0.15, 0.2) is 11.6 Å². The van der Waals surface area contributed by atoms with Gasteiger partial charge >= 0.3 is 0 Å². The number of pyridine rings is 2. The van der Waals surface area contributed by atoms with Crippen LogP contribution in [0.4, 0.5) is 23.0 Å². The van der Waals surface area contributed by atoms with E-state index in [9.17, 15) is 10.1 Å². The normalized spacial score (nSPS) is 12.6. The quantitative estimate of drug-likeness (QED) is 0.230. The number of rotatable bonds is 2. The molecule has 0 fully saturated rings. The number of non-ortho nitro benzene ring substituents is 1. The number of hydrogen-bond donors (Lipinski definition) is 0. The number of benzene rings is 3. The molecule has 1 aliphatic rings. The van der Waals surface area contributed by atoms with Crippen molar-refractivity contribution in [1.82, 2.24) is 9.97 Å². The first-order valence-corrected chi connectivity index (χ1v) is 10.5. The van der Waals surface area contributed by atoms with E-state index in [-0.39, 0.29) is 5.69 Å². The van der Waals surface area contributed by atoms with E-state index in [0.717, 1.165) is 48.9 Å². The molecule has 0 atom stereocenters. The van der Waals surface area contributed by atoms with E-state index in [0.29, 0.717) is 0 Å². The van der Waals surface area contributed by atoms with E-state index in [1.807, 2.05) is 53.4 Å². The van der Waals surface area contributed by atoms with Gasteiger partial charge in [0.2, 0.25) is 0 Å². The summed E-state index contributed by atoms with van der Waals surface area (Å²) in [6.45, 7) is 0. The minimum absolute atomic E-state index is 0.0496. The minimum Gasteiger partial charge on any atom is -0.277 e. The molecule has 2 aromatic heterocycles. The zero-order valence-corrected chi connectivity index (χ0v) is 16.9. The van der Waals surface area contributed by atoms with Gasteiger partial charge in [0.05, 0.1) is 25.7 Å². The average Bonchev–Trinajstić information content (AvgIpc) is 2.80. The van der Waals surface area contributed by atoms with Crippen molar-refractivity contribution < 1.29 is 4.92 Å². The van der Waals surface area contributed by atoms with Gasteiger partial charge in [-0.2, -0.15) is 0 Å². The van der Waals surface area contributed by atoms with Crippen LogP contribution in [0.1, 0.15) is 0 Å². The summed E-state index contributed by atoms with van der Waals surface area (Å²) in [6, 6.07) is 26.8. The van der Waals surface area contributed by atoms with Crippen molar-refractivity contribution >= 4 is 56.6 Å². The highest BCUT2D eigenvalue weighted by atomic mass is 32.2. The lowest BCUT2D eigenvalue weighted by Crippen LogP contribution is -2.18. The molecule has 0 radical (unpaired) electrons. The topological polar surface area (TPSA) is 72.2 Å². The van der Waals surface area contributed by atoms with Gasteiger partial charge in [-0.3, -0.25) is 15.0 Å². The molecule has 7 heteroatoms. The first kappa shape index (κ1) is 17.9. The van der Waals surface area contributed by atoms with Crippen LogP contribution in [0.5, 0.6) is 0 Å². The minimum atomic E-state index is -0.394. The van der Waals surface area contributed by atoms with Crippen LogP contribution in [0.25, 0.3) is 21.8 Å². The summed E-state index contributed by atoms with van der Waals surface area (Å²) in [6.07, 6.45) is 0. The van der Waals surface area contributed by atoms with Crippen molar-refractivity contribution in [1.29, 1.82) is 0 Å². The summed E-state index contributed by atoms with van der Waals surface area (Å²) in [5.74, 6) is 1.54. The van der Waals surface area contributed by atoms with Gasteiger partial charge < -0.3 is 0 Å². The highest BCUT2D eigenvalue weighted by Gasteiger charge is 2.29. The second-order valence-corrected chi connectivity index (χ2v) is 8.30. The summed E-state index contributed by atoms with van der Waals surface area (Å²) < 4.78 is 0. The third-order valence-electron chi connectivity index (χ3n) is 5.30. The highest BCUT2D eigenvalue weighted by Crippen LogP contribution is 2.51. The molecule has 0 unspecified atom stereocenters. The molecule has 6 nitrogen and oxygen atoms in total. The van der Waals surface area contributed by atoms with Crippen molar-refractivity contribution in [2.24, 2.45) is 0 Å². The molecule has 0 spiro atoms. The van der Waals surface area contributed by atoms with Gasteiger partial charge in [0.1, 0.15) is 0 Å². The number of fused-ring (bicyclic) bond motifs is 4.